The third kappa shape index (κ3) is 2.75. The predicted octanol–water partition coefficient (Wildman–Crippen LogP) is 1.55. The molecule has 0 spiro atoms. The lowest BCUT2D eigenvalue weighted by atomic mass is 10.2. The highest BCUT2D eigenvalue weighted by molar-refractivity contribution is 5.94. The van der Waals surface area contributed by atoms with Crippen molar-refractivity contribution in [3.63, 3.8) is 0 Å². The first-order chi connectivity index (χ1) is 8.70. The summed E-state index contributed by atoms with van der Waals surface area (Å²) in [6, 6.07) is 8.84. The second-order valence-electron chi connectivity index (χ2n) is 4.00. The van der Waals surface area contributed by atoms with Crippen LogP contribution < -0.4 is 11.1 Å². The van der Waals surface area contributed by atoms with Crippen LogP contribution in [0.1, 0.15) is 13.3 Å². The van der Waals surface area contributed by atoms with Crippen molar-refractivity contribution in [1.29, 1.82) is 0 Å². The van der Waals surface area contributed by atoms with Crippen LogP contribution in [0.15, 0.2) is 42.7 Å². The van der Waals surface area contributed by atoms with Gasteiger partial charge in [0.05, 0.1) is 11.7 Å². The lowest BCUT2D eigenvalue weighted by Gasteiger charge is -2.11. The van der Waals surface area contributed by atoms with Crippen LogP contribution >= 0.6 is 0 Å². The van der Waals surface area contributed by atoms with E-state index in [1.807, 2.05) is 43.5 Å². The Balaban J connectivity index is 2.16. The molecule has 2 rings (SSSR count). The lowest BCUT2D eigenvalue weighted by molar-refractivity contribution is -0.117. The Morgan fingerprint density at radius 2 is 2.33 bits per heavy atom. The van der Waals surface area contributed by atoms with Crippen LogP contribution in [0.3, 0.4) is 0 Å². The standard InChI is InChI=1S/C13H16N4O/c1-2-12(14)13(18)16-10-5-3-6-11(9-10)17-8-4-7-15-17/h3-9,12H,2,14H2,1H3,(H,16,18)/t12-/m0/s1. The minimum atomic E-state index is -0.474. The number of benzene rings is 1. The largest absolute Gasteiger partial charge is 0.325 e. The van der Waals surface area contributed by atoms with E-state index in [0.29, 0.717) is 6.42 Å². The Labute approximate surface area is 106 Å². The normalized spacial score (nSPS) is 12.1. The fourth-order valence-corrected chi connectivity index (χ4v) is 1.57. The van der Waals surface area contributed by atoms with E-state index in [0.717, 1.165) is 11.4 Å². The summed E-state index contributed by atoms with van der Waals surface area (Å²) in [5.74, 6) is -0.171. The number of nitrogens with zero attached hydrogens (tertiary/aromatic N) is 2. The Morgan fingerprint density at radius 1 is 1.50 bits per heavy atom. The van der Waals surface area contributed by atoms with Crippen LogP contribution in [0, 0.1) is 0 Å². The molecule has 0 aliphatic carbocycles. The maximum Gasteiger partial charge on any atom is 0.241 e. The fourth-order valence-electron chi connectivity index (χ4n) is 1.57. The maximum absolute atomic E-state index is 11.7. The molecular formula is C13H16N4O. The van der Waals surface area contributed by atoms with Gasteiger partial charge in [-0.05, 0) is 30.7 Å². The van der Waals surface area contributed by atoms with Crippen LogP contribution in [-0.2, 0) is 4.79 Å². The smallest absolute Gasteiger partial charge is 0.241 e. The summed E-state index contributed by atoms with van der Waals surface area (Å²) in [4.78, 5) is 11.7. The van der Waals surface area contributed by atoms with Crippen LogP contribution in [0.2, 0.25) is 0 Å². The molecule has 3 N–H and O–H groups in total. The zero-order chi connectivity index (χ0) is 13.0. The average Bonchev–Trinajstić information content (AvgIpc) is 2.92. The van der Waals surface area contributed by atoms with Gasteiger partial charge in [-0.2, -0.15) is 5.10 Å². The molecule has 0 aliphatic rings. The minimum Gasteiger partial charge on any atom is -0.325 e. The minimum absolute atomic E-state index is 0.171. The monoisotopic (exact) mass is 244 g/mol. The molecule has 5 heteroatoms. The zero-order valence-corrected chi connectivity index (χ0v) is 10.2. The number of carbonyl (C=O) groups excluding carboxylic acids is 1. The Hall–Kier alpha value is -2.14. The molecule has 0 fully saturated rings. The van der Waals surface area contributed by atoms with Crippen molar-refractivity contribution in [1.82, 2.24) is 9.78 Å². The molecule has 0 radical (unpaired) electrons. The summed E-state index contributed by atoms with van der Waals surface area (Å²) >= 11 is 0. The average molecular weight is 244 g/mol. The van der Waals surface area contributed by atoms with Crippen molar-refractivity contribution in [3.8, 4) is 5.69 Å². The van der Waals surface area contributed by atoms with Gasteiger partial charge in [0.1, 0.15) is 0 Å². The molecule has 5 nitrogen and oxygen atoms in total. The molecule has 1 aromatic heterocycles. The predicted molar refractivity (Wildman–Crippen MR) is 70.5 cm³/mol. The highest BCUT2D eigenvalue weighted by atomic mass is 16.2. The van der Waals surface area contributed by atoms with E-state index in [4.69, 9.17) is 5.73 Å². The maximum atomic E-state index is 11.7. The number of anilines is 1. The van der Waals surface area contributed by atoms with Crippen molar-refractivity contribution in [2.45, 2.75) is 19.4 Å². The van der Waals surface area contributed by atoms with E-state index in [1.165, 1.54) is 0 Å². The van der Waals surface area contributed by atoms with Crippen LogP contribution in [0.5, 0.6) is 0 Å². The summed E-state index contributed by atoms with van der Waals surface area (Å²) in [6.07, 6.45) is 4.17. The first-order valence-electron chi connectivity index (χ1n) is 5.87. The van der Waals surface area contributed by atoms with Crippen molar-refractivity contribution in [2.75, 3.05) is 5.32 Å². The van der Waals surface area contributed by atoms with E-state index in [1.54, 1.807) is 10.9 Å². The summed E-state index contributed by atoms with van der Waals surface area (Å²) in [7, 11) is 0. The van der Waals surface area contributed by atoms with Crippen LogP contribution in [0.4, 0.5) is 5.69 Å². The number of amides is 1. The van der Waals surface area contributed by atoms with E-state index in [-0.39, 0.29) is 5.91 Å². The van der Waals surface area contributed by atoms with Crippen molar-refractivity contribution >= 4 is 11.6 Å². The Morgan fingerprint density at radius 3 is 3.00 bits per heavy atom. The second-order valence-corrected chi connectivity index (χ2v) is 4.00. The molecule has 1 atom stereocenters. The second kappa shape index (κ2) is 5.46. The first-order valence-corrected chi connectivity index (χ1v) is 5.87. The molecule has 0 aliphatic heterocycles. The molecule has 0 saturated heterocycles. The molecule has 1 amide bonds. The van der Waals surface area contributed by atoms with Crippen LogP contribution in [-0.4, -0.2) is 21.7 Å². The van der Waals surface area contributed by atoms with Gasteiger partial charge >= 0.3 is 0 Å². The number of hydrogen-bond donors (Lipinski definition) is 2. The highest BCUT2D eigenvalue weighted by Gasteiger charge is 2.11. The van der Waals surface area contributed by atoms with Gasteiger partial charge in [-0.1, -0.05) is 13.0 Å². The molecule has 2 aromatic rings. The van der Waals surface area contributed by atoms with Gasteiger partial charge in [0, 0.05) is 18.1 Å². The third-order valence-corrected chi connectivity index (χ3v) is 2.66. The molecule has 0 bridgehead atoms. The van der Waals surface area contributed by atoms with Gasteiger partial charge < -0.3 is 11.1 Å². The Kier molecular flexibility index (Phi) is 3.74. The molecule has 1 aromatic carbocycles. The number of nitrogens with one attached hydrogen (secondary N) is 1. The Bertz CT molecular complexity index is 522. The van der Waals surface area contributed by atoms with E-state index < -0.39 is 6.04 Å². The van der Waals surface area contributed by atoms with Crippen molar-refractivity contribution < 1.29 is 4.79 Å². The fraction of sp³-hybridized carbons (Fsp3) is 0.231. The van der Waals surface area contributed by atoms with Gasteiger partial charge in [-0.3, -0.25) is 4.79 Å². The zero-order valence-electron chi connectivity index (χ0n) is 10.2. The quantitative estimate of drug-likeness (QED) is 0.857. The molecule has 1 heterocycles. The van der Waals surface area contributed by atoms with Gasteiger partial charge in [0.15, 0.2) is 0 Å². The molecule has 18 heavy (non-hydrogen) atoms. The van der Waals surface area contributed by atoms with E-state index in [9.17, 15) is 4.79 Å². The van der Waals surface area contributed by atoms with Gasteiger partial charge in [-0.15, -0.1) is 0 Å². The number of nitrogens with two attached hydrogens (primary N) is 1. The molecular weight excluding hydrogens is 228 g/mol. The SMILES string of the molecule is CC[C@H](N)C(=O)Nc1cccc(-n2cccn2)c1. The van der Waals surface area contributed by atoms with Gasteiger partial charge in [-0.25, -0.2) is 4.68 Å². The molecule has 0 saturated carbocycles. The molecule has 94 valence electrons. The van der Waals surface area contributed by atoms with E-state index in [2.05, 4.69) is 10.4 Å². The molecule has 0 unspecified atom stereocenters. The van der Waals surface area contributed by atoms with Crippen molar-refractivity contribution in [3.05, 3.63) is 42.7 Å². The van der Waals surface area contributed by atoms with Gasteiger partial charge in [0.25, 0.3) is 0 Å². The topological polar surface area (TPSA) is 72.9 Å². The highest BCUT2D eigenvalue weighted by Crippen LogP contribution is 2.14. The van der Waals surface area contributed by atoms with E-state index >= 15 is 0 Å². The number of aromatic nitrogens is 2. The van der Waals surface area contributed by atoms with Crippen molar-refractivity contribution in [2.24, 2.45) is 5.73 Å². The lowest BCUT2D eigenvalue weighted by Crippen LogP contribution is -2.34. The number of hydrogen-bond acceptors (Lipinski definition) is 3. The number of rotatable bonds is 4. The van der Waals surface area contributed by atoms with Crippen LogP contribution in [0.25, 0.3) is 5.69 Å². The summed E-state index contributed by atoms with van der Waals surface area (Å²) < 4.78 is 1.73. The summed E-state index contributed by atoms with van der Waals surface area (Å²) in [5, 5.41) is 6.93. The number of carbonyl (C=O) groups is 1. The third-order valence-electron chi connectivity index (χ3n) is 2.66. The summed E-state index contributed by atoms with van der Waals surface area (Å²) in [5.41, 5.74) is 7.28. The van der Waals surface area contributed by atoms with Gasteiger partial charge in [0.2, 0.25) is 5.91 Å². The first kappa shape index (κ1) is 12.3. The summed E-state index contributed by atoms with van der Waals surface area (Å²) in [6.45, 7) is 1.88.